The molecule has 2 fully saturated rings. The second-order valence-electron chi connectivity index (χ2n) is 7.56. The molecule has 130 valence electrons. The van der Waals surface area contributed by atoms with Gasteiger partial charge in [0, 0.05) is 37.2 Å². The van der Waals surface area contributed by atoms with Crippen molar-refractivity contribution in [3.8, 4) is 0 Å². The molecule has 1 aromatic rings. The quantitative estimate of drug-likeness (QED) is 0.613. The van der Waals surface area contributed by atoms with E-state index in [1.165, 1.54) is 43.4 Å². The highest BCUT2D eigenvalue weighted by molar-refractivity contribution is 7.96. The molecule has 0 radical (unpaired) electrons. The van der Waals surface area contributed by atoms with Crippen molar-refractivity contribution in [1.82, 2.24) is 9.21 Å². The van der Waals surface area contributed by atoms with Gasteiger partial charge in [-0.05, 0) is 62.1 Å². The zero-order valence-electron chi connectivity index (χ0n) is 14.7. The maximum atomic E-state index is 13.0. The van der Waals surface area contributed by atoms with E-state index in [9.17, 15) is 4.79 Å². The van der Waals surface area contributed by atoms with Gasteiger partial charge >= 0.3 is 0 Å². The number of likely N-dealkylation sites (tertiary alicyclic amines) is 1. The van der Waals surface area contributed by atoms with Gasteiger partial charge in [0.2, 0.25) is 0 Å². The third-order valence-electron chi connectivity index (χ3n) is 6.14. The number of carbonyl (C=O) groups is 1. The molecule has 1 atom stereocenters. The molecule has 1 aromatic carbocycles. The molecular weight excluding hydrogens is 316 g/mol. The molecule has 0 aromatic heterocycles. The van der Waals surface area contributed by atoms with Gasteiger partial charge < -0.3 is 0 Å². The SMILES string of the molecule is CSN1CCc2cc(C(=O)C3CCCN(C4CCC4)C3)ccc2C1. The Bertz CT molecular complexity index is 614. The molecule has 0 N–H and O–H groups in total. The lowest BCUT2D eigenvalue weighted by atomic mass is 9.84. The van der Waals surface area contributed by atoms with Crippen molar-refractivity contribution in [2.45, 2.75) is 51.1 Å². The topological polar surface area (TPSA) is 23.6 Å². The summed E-state index contributed by atoms with van der Waals surface area (Å²) >= 11 is 1.81. The van der Waals surface area contributed by atoms with Gasteiger partial charge in [-0.15, -0.1) is 0 Å². The molecule has 0 spiro atoms. The standard InChI is InChI=1S/C20H28N2OS/c1-24-22-11-9-15-12-16(7-8-17(15)14-22)20(23)18-4-3-10-21(13-18)19-5-2-6-19/h7-8,12,18-19H,2-6,9-11,13-14H2,1H3. The van der Waals surface area contributed by atoms with Crippen molar-refractivity contribution in [2.75, 3.05) is 25.9 Å². The fraction of sp³-hybridized carbons (Fsp3) is 0.650. The fourth-order valence-corrected chi connectivity index (χ4v) is 4.92. The normalized spacial score (nSPS) is 26.0. The number of nitrogens with zero attached hydrogens (tertiary/aromatic N) is 2. The van der Waals surface area contributed by atoms with Crippen molar-refractivity contribution in [3.05, 3.63) is 34.9 Å². The van der Waals surface area contributed by atoms with Crippen molar-refractivity contribution in [1.29, 1.82) is 0 Å². The van der Waals surface area contributed by atoms with Gasteiger partial charge in [-0.1, -0.05) is 30.5 Å². The van der Waals surface area contributed by atoms with Crippen molar-refractivity contribution in [2.24, 2.45) is 5.92 Å². The third kappa shape index (κ3) is 3.29. The molecule has 3 aliphatic rings. The summed E-state index contributed by atoms with van der Waals surface area (Å²) < 4.78 is 2.39. The van der Waals surface area contributed by atoms with E-state index < -0.39 is 0 Å². The summed E-state index contributed by atoms with van der Waals surface area (Å²) in [4.78, 5) is 15.6. The van der Waals surface area contributed by atoms with E-state index in [4.69, 9.17) is 0 Å². The lowest BCUT2D eigenvalue weighted by molar-refractivity contribution is 0.0612. The molecule has 2 aliphatic heterocycles. The number of carbonyl (C=O) groups excluding carboxylic acids is 1. The molecule has 4 rings (SSSR count). The molecule has 0 amide bonds. The highest BCUT2D eigenvalue weighted by atomic mass is 32.2. The van der Waals surface area contributed by atoms with E-state index >= 15 is 0 Å². The smallest absolute Gasteiger partial charge is 0.167 e. The van der Waals surface area contributed by atoms with E-state index in [0.29, 0.717) is 5.78 Å². The summed E-state index contributed by atoms with van der Waals surface area (Å²) in [5, 5.41) is 0. The minimum atomic E-state index is 0.212. The number of rotatable bonds is 4. The molecular formula is C20H28N2OS. The van der Waals surface area contributed by atoms with Crippen LogP contribution in [0.1, 0.15) is 53.6 Å². The first-order chi connectivity index (χ1) is 11.7. The summed E-state index contributed by atoms with van der Waals surface area (Å²) in [6.45, 7) is 4.28. The van der Waals surface area contributed by atoms with E-state index in [-0.39, 0.29) is 5.92 Å². The number of fused-ring (bicyclic) bond motifs is 1. The first-order valence-corrected chi connectivity index (χ1v) is 10.6. The maximum Gasteiger partial charge on any atom is 0.167 e. The number of ketones is 1. The number of hydrogen-bond donors (Lipinski definition) is 0. The Labute approximate surface area is 149 Å². The first-order valence-electron chi connectivity index (χ1n) is 9.43. The van der Waals surface area contributed by atoms with Gasteiger partial charge in [0.05, 0.1) is 0 Å². The van der Waals surface area contributed by atoms with Crippen LogP contribution >= 0.6 is 11.9 Å². The summed E-state index contributed by atoms with van der Waals surface area (Å²) in [6, 6.07) is 7.23. The van der Waals surface area contributed by atoms with Gasteiger partial charge in [0.1, 0.15) is 0 Å². The van der Waals surface area contributed by atoms with Gasteiger partial charge in [0.25, 0.3) is 0 Å². The monoisotopic (exact) mass is 344 g/mol. The summed E-state index contributed by atoms with van der Waals surface area (Å²) in [5.41, 5.74) is 3.73. The zero-order chi connectivity index (χ0) is 16.5. The predicted molar refractivity (Wildman–Crippen MR) is 100 cm³/mol. The Morgan fingerprint density at radius 3 is 2.75 bits per heavy atom. The Hall–Kier alpha value is -0.840. The van der Waals surface area contributed by atoms with Crippen molar-refractivity contribution in [3.63, 3.8) is 0 Å². The van der Waals surface area contributed by atoms with Crippen LogP contribution in [0.2, 0.25) is 0 Å². The number of benzene rings is 1. The van der Waals surface area contributed by atoms with E-state index in [1.54, 1.807) is 0 Å². The second kappa shape index (κ2) is 7.19. The first kappa shape index (κ1) is 16.6. The molecule has 1 saturated heterocycles. The minimum Gasteiger partial charge on any atom is -0.300 e. The Morgan fingerprint density at radius 1 is 1.12 bits per heavy atom. The van der Waals surface area contributed by atoms with Crippen LogP contribution in [0.4, 0.5) is 0 Å². The molecule has 4 heteroatoms. The van der Waals surface area contributed by atoms with Crippen LogP contribution in [0.15, 0.2) is 18.2 Å². The minimum absolute atomic E-state index is 0.212. The van der Waals surface area contributed by atoms with E-state index in [1.807, 2.05) is 11.9 Å². The molecule has 24 heavy (non-hydrogen) atoms. The van der Waals surface area contributed by atoms with E-state index in [0.717, 1.165) is 44.1 Å². The molecule has 2 heterocycles. The van der Waals surface area contributed by atoms with Crippen LogP contribution in [0, 0.1) is 5.92 Å². The van der Waals surface area contributed by atoms with Crippen LogP contribution < -0.4 is 0 Å². The number of piperidine rings is 1. The highest BCUT2D eigenvalue weighted by Gasteiger charge is 2.32. The van der Waals surface area contributed by atoms with Crippen LogP contribution in [-0.2, 0) is 13.0 Å². The van der Waals surface area contributed by atoms with Crippen molar-refractivity contribution < 1.29 is 4.79 Å². The summed E-state index contributed by atoms with van der Waals surface area (Å²) in [5.74, 6) is 0.595. The zero-order valence-corrected chi connectivity index (χ0v) is 15.5. The van der Waals surface area contributed by atoms with Gasteiger partial charge in [-0.3, -0.25) is 9.69 Å². The highest BCUT2D eigenvalue weighted by Crippen LogP contribution is 2.31. The average molecular weight is 345 g/mol. The largest absolute Gasteiger partial charge is 0.300 e. The lowest BCUT2D eigenvalue weighted by Gasteiger charge is -2.42. The van der Waals surface area contributed by atoms with E-state index in [2.05, 4.69) is 33.7 Å². The Morgan fingerprint density at radius 2 is 2.00 bits per heavy atom. The second-order valence-corrected chi connectivity index (χ2v) is 8.44. The van der Waals surface area contributed by atoms with Crippen LogP contribution in [0.5, 0.6) is 0 Å². The number of hydrogen-bond acceptors (Lipinski definition) is 4. The molecule has 1 aliphatic carbocycles. The predicted octanol–water partition coefficient (Wildman–Crippen LogP) is 3.77. The van der Waals surface area contributed by atoms with Crippen LogP contribution in [0.25, 0.3) is 0 Å². The Balaban J connectivity index is 1.46. The molecule has 0 bridgehead atoms. The third-order valence-corrected chi connectivity index (χ3v) is 6.97. The molecule has 1 saturated carbocycles. The Kier molecular flexibility index (Phi) is 4.98. The van der Waals surface area contributed by atoms with Crippen molar-refractivity contribution >= 4 is 17.7 Å². The average Bonchev–Trinajstić information content (AvgIpc) is 2.59. The molecule has 1 unspecified atom stereocenters. The summed E-state index contributed by atoms with van der Waals surface area (Å²) in [7, 11) is 0. The van der Waals surface area contributed by atoms with Gasteiger partial charge in [-0.25, -0.2) is 4.31 Å². The molecule has 3 nitrogen and oxygen atoms in total. The van der Waals surface area contributed by atoms with Gasteiger partial charge in [-0.2, -0.15) is 0 Å². The summed E-state index contributed by atoms with van der Waals surface area (Å²) in [6.07, 6.45) is 9.50. The van der Waals surface area contributed by atoms with Crippen LogP contribution in [-0.4, -0.2) is 46.9 Å². The lowest BCUT2D eigenvalue weighted by Crippen LogP contribution is -2.47. The fourth-order valence-electron chi connectivity index (χ4n) is 4.38. The van der Waals surface area contributed by atoms with Gasteiger partial charge in [0.15, 0.2) is 5.78 Å². The number of Topliss-reactive ketones (excluding diaryl/α,β-unsaturated/α-hetero) is 1. The maximum absolute atomic E-state index is 13.0. The van der Waals surface area contributed by atoms with Crippen LogP contribution in [0.3, 0.4) is 0 Å².